The third-order valence-electron chi connectivity index (χ3n) is 11.4. The molecule has 0 spiro atoms. The lowest BCUT2D eigenvalue weighted by atomic mass is 9.46. The van der Waals surface area contributed by atoms with Gasteiger partial charge in [0.25, 0.3) is 0 Å². The van der Waals surface area contributed by atoms with Crippen LogP contribution < -0.4 is 9.47 Å². The normalized spacial score (nSPS) is 38.6. The zero-order valence-electron chi connectivity index (χ0n) is 25.7. The summed E-state index contributed by atoms with van der Waals surface area (Å²) in [6.45, 7) is 6.18. The molecule has 0 bridgehead atoms. The molecule has 5 aliphatic rings. The molecule has 2 aromatic carbocycles. The number of benzene rings is 2. The van der Waals surface area contributed by atoms with Gasteiger partial charge in [0.1, 0.15) is 12.4 Å². The van der Waals surface area contributed by atoms with E-state index in [2.05, 4.69) is 20.8 Å². The topological polar surface area (TPSA) is 91.3 Å². The maximum Gasteiger partial charge on any atom is 0.205 e. The Balaban J connectivity index is 1.19. The maximum absolute atomic E-state index is 14.6. The summed E-state index contributed by atoms with van der Waals surface area (Å²) in [7, 11) is 0. The second kappa shape index (κ2) is 11.0. The second-order valence-corrected chi connectivity index (χ2v) is 13.7. The average Bonchev–Trinajstić information content (AvgIpc) is 3.49. The Morgan fingerprint density at radius 1 is 1.07 bits per heavy atom. The molecule has 9 atom stereocenters. The number of aliphatic hydroxyl groups excluding tert-OH is 1. The fraction of sp³-hybridized carbons (Fsp3) is 0.514. The van der Waals surface area contributed by atoms with Gasteiger partial charge in [-0.1, -0.05) is 69.2 Å². The number of fused-ring (bicyclic) bond motifs is 7. The number of hydrogen-bond donors (Lipinski definition) is 1. The van der Waals surface area contributed by atoms with Crippen molar-refractivity contribution < 1.29 is 33.6 Å². The highest BCUT2D eigenvalue weighted by Gasteiger charge is 2.75. The number of para-hydroxylation sites is 3. The molecule has 0 aromatic heterocycles. The molecule has 1 N–H and O–H groups in total. The Morgan fingerprint density at radius 2 is 1.82 bits per heavy atom. The van der Waals surface area contributed by atoms with Crippen LogP contribution in [0.1, 0.15) is 59.3 Å². The molecule has 44 heavy (non-hydrogen) atoms. The second-order valence-electron chi connectivity index (χ2n) is 13.7. The fourth-order valence-electron chi connectivity index (χ4n) is 9.53. The lowest BCUT2D eigenvalue weighted by Gasteiger charge is -2.59. The first-order valence-electron chi connectivity index (χ1n) is 16.1. The SMILES string of the molecule is CCCC1O[C@@H]2CC3C4CCC5=CC(=O)C=CC5(C)C4C(O)CC3(C)[C@]2(C(=O)COc2ccccc2Oc2ccccc2)O1. The van der Waals surface area contributed by atoms with Crippen LogP contribution >= 0.6 is 0 Å². The first kappa shape index (κ1) is 29.5. The molecule has 1 heterocycles. The zero-order valence-corrected chi connectivity index (χ0v) is 25.7. The van der Waals surface area contributed by atoms with Crippen molar-refractivity contribution >= 4 is 11.6 Å². The summed E-state index contributed by atoms with van der Waals surface area (Å²) in [5.74, 6) is 1.78. The van der Waals surface area contributed by atoms with E-state index in [1.807, 2.05) is 54.6 Å². The first-order valence-corrected chi connectivity index (χ1v) is 16.1. The van der Waals surface area contributed by atoms with E-state index in [-0.39, 0.29) is 41.3 Å². The van der Waals surface area contributed by atoms with E-state index in [1.165, 1.54) is 0 Å². The predicted octanol–water partition coefficient (Wildman–Crippen LogP) is 6.60. The number of rotatable bonds is 8. The summed E-state index contributed by atoms with van der Waals surface area (Å²) >= 11 is 0. The lowest BCUT2D eigenvalue weighted by molar-refractivity contribution is -0.200. The van der Waals surface area contributed by atoms with Crippen LogP contribution in [0.3, 0.4) is 0 Å². The zero-order chi connectivity index (χ0) is 30.7. The Bertz CT molecular complexity index is 1500. The van der Waals surface area contributed by atoms with Gasteiger partial charge in [-0.15, -0.1) is 0 Å². The summed E-state index contributed by atoms with van der Waals surface area (Å²) in [4.78, 5) is 26.8. The third-order valence-corrected chi connectivity index (χ3v) is 11.4. The van der Waals surface area contributed by atoms with E-state index in [0.29, 0.717) is 36.5 Å². The van der Waals surface area contributed by atoms with Crippen LogP contribution in [0.15, 0.2) is 78.4 Å². The smallest absolute Gasteiger partial charge is 0.205 e. The molecule has 7 nitrogen and oxygen atoms in total. The molecule has 232 valence electrons. The van der Waals surface area contributed by atoms with Crippen LogP contribution in [0.5, 0.6) is 17.2 Å². The molecule has 1 aliphatic heterocycles. The number of allylic oxidation sites excluding steroid dienone is 4. The van der Waals surface area contributed by atoms with E-state index in [4.69, 9.17) is 18.9 Å². The average molecular weight is 599 g/mol. The maximum atomic E-state index is 14.6. The number of hydrogen-bond acceptors (Lipinski definition) is 7. The van der Waals surface area contributed by atoms with Crippen molar-refractivity contribution in [1.82, 2.24) is 0 Å². The highest BCUT2D eigenvalue weighted by molar-refractivity contribution is 6.01. The molecule has 7 rings (SSSR count). The highest BCUT2D eigenvalue weighted by Crippen LogP contribution is 2.69. The van der Waals surface area contributed by atoms with Crippen LogP contribution in [0.4, 0.5) is 0 Å². The molecule has 7 heteroatoms. The van der Waals surface area contributed by atoms with Gasteiger partial charge < -0.3 is 24.1 Å². The Kier molecular flexibility index (Phi) is 7.34. The monoisotopic (exact) mass is 598 g/mol. The minimum atomic E-state index is -1.23. The van der Waals surface area contributed by atoms with Gasteiger partial charge in [0.2, 0.25) is 5.78 Å². The standard InChI is InChI=1S/C37H42O7/c1-4-10-33-43-32-20-27-26-16-15-23-19-24(38)17-18-35(23,2)34(26)28(39)21-36(27,3)37(32,44-33)31(40)22-41-29-13-8-9-14-30(29)42-25-11-6-5-7-12-25/h5-9,11-14,17-19,26-28,32-34,39H,4,10,15-16,20-22H2,1-3H3/t26?,27?,28?,32-,33?,34?,35?,36?,37-/m1/s1. The summed E-state index contributed by atoms with van der Waals surface area (Å²) in [6.07, 6.45) is 8.23. The molecular formula is C37H42O7. The molecule has 7 unspecified atom stereocenters. The van der Waals surface area contributed by atoms with Crippen LogP contribution in [-0.4, -0.2) is 47.4 Å². The van der Waals surface area contributed by atoms with Crippen LogP contribution in [0.25, 0.3) is 0 Å². The lowest BCUT2D eigenvalue weighted by Crippen LogP contribution is -2.63. The first-order chi connectivity index (χ1) is 21.2. The number of carbonyl (C=O) groups is 2. The summed E-state index contributed by atoms with van der Waals surface area (Å²) in [5, 5.41) is 12.0. The number of carbonyl (C=O) groups excluding carboxylic acids is 2. The van der Waals surface area contributed by atoms with Crippen LogP contribution in [-0.2, 0) is 19.1 Å². The van der Waals surface area contributed by atoms with Gasteiger partial charge in [-0.2, -0.15) is 0 Å². The number of ether oxygens (including phenoxy) is 4. The summed E-state index contributed by atoms with van der Waals surface area (Å²) in [5.41, 5.74) is -1.15. The molecule has 4 aliphatic carbocycles. The fourth-order valence-corrected chi connectivity index (χ4v) is 9.53. The Labute approximate surface area is 259 Å². The van der Waals surface area contributed by atoms with Crippen molar-refractivity contribution in [3.63, 3.8) is 0 Å². The van der Waals surface area contributed by atoms with Gasteiger partial charge in [0.15, 0.2) is 29.2 Å². The van der Waals surface area contributed by atoms with E-state index in [9.17, 15) is 14.7 Å². The summed E-state index contributed by atoms with van der Waals surface area (Å²) in [6, 6.07) is 16.8. The minimum Gasteiger partial charge on any atom is -0.482 e. The predicted molar refractivity (Wildman–Crippen MR) is 164 cm³/mol. The Hall–Kier alpha value is -3.26. The van der Waals surface area contributed by atoms with Crippen LogP contribution in [0.2, 0.25) is 0 Å². The van der Waals surface area contributed by atoms with Crippen molar-refractivity contribution in [2.75, 3.05) is 6.61 Å². The molecule has 1 saturated heterocycles. The van der Waals surface area contributed by atoms with E-state index >= 15 is 0 Å². The van der Waals surface area contributed by atoms with Gasteiger partial charge in [-0.3, -0.25) is 9.59 Å². The van der Waals surface area contributed by atoms with E-state index in [0.717, 1.165) is 24.8 Å². The van der Waals surface area contributed by atoms with Crippen molar-refractivity contribution in [2.24, 2.45) is 28.6 Å². The Morgan fingerprint density at radius 3 is 2.59 bits per heavy atom. The molecule has 2 aromatic rings. The quantitative estimate of drug-likeness (QED) is 0.366. The van der Waals surface area contributed by atoms with Gasteiger partial charge >= 0.3 is 0 Å². The molecule has 4 fully saturated rings. The van der Waals surface area contributed by atoms with Gasteiger partial charge in [0.05, 0.1) is 12.2 Å². The molecule has 3 saturated carbocycles. The largest absolute Gasteiger partial charge is 0.482 e. The molecule has 0 amide bonds. The number of aliphatic hydroxyl groups is 1. The van der Waals surface area contributed by atoms with Crippen molar-refractivity contribution in [3.8, 4) is 17.2 Å². The van der Waals surface area contributed by atoms with Gasteiger partial charge in [-0.25, -0.2) is 0 Å². The number of Topliss-reactive ketones (excluding diaryl/α,β-unsaturated/α-hetero) is 1. The van der Waals surface area contributed by atoms with Crippen molar-refractivity contribution in [1.29, 1.82) is 0 Å². The highest BCUT2D eigenvalue weighted by atomic mass is 16.7. The molecular weight excluding hydrogens is 556 g/mol. The van der Waals surface area contributed by atoms with Crippen molar-refractivity contribution in [3.05, 3.63) is 78.4 Å². The summed E-state index contributed by atoms with van der Waals surface area (Å²) < 4.78 is 25.6. The third kappa shape index (κ3) is 4.42. The van der Waals surface area contributed by atoms with Crippen LogP contribution in [0, 0.1) is 28.6 Å². The number of ketones is 2. The van der Waals surface area contributed by atoms with E-state index in [1.54, 1.807) is 18.2 Å². The molecule has 0 radical (unpaired) electrons. The minimum absolute atomic E-state index is 0.0190. The van der Waals surface area contributed by atoms with Crippen molar-refractivity contribution in [2.45, 2.75) is 83.4 Å². The van der Waals surface area contributed by atoms with E-state index < -0.39 is 29.5 Å². The van der Waals surface area contributed by atoms with Gasteiger partial charge in [-0.05, 0) is 80.4 Å². The van der Waals surface area contributed by atoms with Gasteiger partial charge in [0, 0.05) is 16.7 Å².